The first-order chi connectivity index (χ1) is 7.16. The number of sulfone groups is 1. The zero-order chi connectivity index (χ0) is 10.7. The van der Waals surface area contributed by atoms with Gasteiger partial charge in [-0.3, -0.25) is 0 Å². The first-order valence-corrected chi connectivity index (χ1v) is 7.56. The molecule has 6 heteroatoms. The van der Waals surface area contributed by atoms with Crippen LogP contribution >= 0.6 is 11.3 Å². The van der Waals surface area contributed by atoms with Gasteiger partial charge >= 0.3 is 0 Å². The highest BCUT2D eigenvalue weighted by Crippen LogP contribution is 2.17. The van der Waals surface area contributed by atoms with Crippen molar-refractivity contribution in [3.63, 3.8) is 0 Å². The fraction of sp³-hybridized carbons (Fsp3) is 0.667. The van der Waals surface area contributed by atoms with Gasteiger partial charge in [-0.05, 0) is 12.8 Å². The van der Waals surface area contributed by atoms with Gasteiger partial charge in [0.15, 0.2) is 9.84 Å². The molecule has 4 nitrogen and oxygen atoms in total. The summed E-state index contributed by atoms with van der Waals surface area (Å²) in [4.78, 5) is 3.97. The van der Waals surface area contributed by atoms with Gasteiger partial charge < -0.3 is 4.74 Å². The third kappa shape index (κ3) is 3.25. The molecular formula is C9H13NO3S2. The van der Waals surface area contributed by atoms with Gasteiger partial charge in [0.25, 0.3) is 0 Å². The molecule has 1 aromatic rings. The van der Waals surface area contributed by atoms with E-state index in [4.69, 9.17) is 4.74 Å². The number of hydrogen-bond acceptors (Lipinski definition) is 5. The highest BCUT2D eigenvalue weighted by Gasteiger charge is 2.24. The second-order valence-electron chi connectivity index (χ2n) is 3.62. The highest BCUT2D eigenvalue weighted by atomic mass is 32.2. The maximum atomic E-state index is 11.7. The summed E-state index contributed by atoms with van der Waals surface area (Å²) >= 11 is 1.38. The summed E-state index contributed by atoms with van der Waals surface area (Å²) in [5.41, 5.74) is 0. The van der Waals surface area contributed by atoms with Crippen molar-refractivity contribution in [2.75, 3.05) is 12.4 Å². The van der Waals surface area contributed by atoms with Crippen LogP contribution in [0.25, 0.3) is 0 Å². The zero-order valence-electron chi connectivity index (χ0n) is 8.26. The molecule has 15 heavy (non-hydrogen) atoms. The van der Waals surface area contributed by atoms with Gasteiger partial charge in [0.05, 0.1) is 11.9 Å². The van der Waals surface area contributed by atoms with E-state index in [-0.39, 0.29) is 17.6 Å². The molecule has 1 aliphatic rings. The first-order valence-electron chi connectivity index (χ1n) is 4.86. The van der Waals surface area contributed by atoms with Gasteiger partial charge in [0.2, 0.25) is 0 Å². The summed E-state index contributed by atoms with van der Waals surface area (Å²) in [6.07, 6.45) is 3.35. The van der Waals surface area contributed by atoms with Crippen LogP contribution in [0.3, 0.4) is 0 Å². The predicted molar refractivity (Wildman–Crippen MR) is 58.6 cm³/mol. The second kappa shape index (κ2) is 4.59. The van der Waals surface area contributed by atoms with Crippen molar-refractivity contribution < 1.29 is 13.2 Å². The lowest BCUT2D eigenvalue weighted by molar-refractivity contribution is 0.127. The van der Waals surface area contributed by atoms with Crippen molar-refractivity contribution in [2.24, 2.45) is 0 Å². The Hall–Kier alpha value is -0.460. The van der Waals surface area contributed by atoms with Gasteiger partial charge in [-0.15, -0.1) is 11.3 Å². The molecule has 0 N–H and O–H groups in total. The normalized spacial score (nSPS) is 22.0. The Morgan fingerprint density at radius 2 is 2.47 bits per heavy atom. The lowest BCUT2D eigenvalue weighted by atomic mass is 10.3. The van der Waals surface area contributed by atoms with Gasteiger partial charge in [0.1, 0.15) is 10.8 Å². The molecule has 1 saturated heterocycles. The minimum absolute atomic E-state index is 0.0462. The topological polar surface area (TPSA) is 56.3 Å². The van der Waals surface area contributed by atoms with Crippen molar-refractivity contribution in [3.8, 4) is 0 Å². The number of aromatic nitrogens is 1. The van der Waals surface area contributed by atoms with Crippen molar-refractivity contribution in [1.82, 2.24) is 4.98 Å². The Morgan fingerprint density at radius 3 is 3.07 bits per heavy atom. The molecule has 0 saturated carbocycles. The summed E-state index contributed by atoms with van der Waals surface area (Å²) in [5.74, 6) is 0.178. The van der Waals surface area contributed by atoms with Gasteiger partial charge in [-0.1, -0.05) is 0 Å². The van der Waals surface area contributed by atoms with Crippen LogP contribution in [0, 0.1) is 0 Å². The Balaban J connectivity index is 1.94. The first kappa shape index (κ1) is 11.0. The van der Waals surface area contributed by atoms with Crippen LogP contribution in [0.5, 0.6) is 0 Å². The van der Waals surface area contributed by atoms with E-state index in [1.54, 1.807) is 11.6 Å². The van der Waals surface area contributed by atoms with E-state index in [1.807, 2.05) is 0 Å². The number of rotatable bonds is 4. The van der Waals surface area contributed by atoms with E-state index >= 15 is 0 Å². The molecule has 0 unspecified atom stereocenters. The summed E-state index contributed by atoms with van der Waals surface area (Å²) in [7, 11) is -3.07. The zero-order valence-corrected chi connectivity index (χ0v) is 9.89. The third-order valence-corrected chi connectivity index (χ3v) is 4.85. The molecule has 0 spiro atoms. The number of nitrogens with zero attached hydrogens (tertiary/aromatic N) is 1. The van der Waals surface area contributed by atoms with Crippen LogP contribution in [0.15, 0.2) is 11.6 Å². The summed E-state index contributed by atoms with van der Waals surface area (Å²) in [5, 5.41) is 2.45. The fourth-order valence-corrected chi connectivity index (χ4v) is 4.24. The smallest absolute Gasteiger partial charge is 0.159 e. The van der Waals surface area contributed by atoms with Crippen LogP contribution in [0.1, 0.15) is 17.8 Å². The lowest BCUT2D eigenvalue weighted by Gasteiger charge is -2.08. The summed E-state index contributed by atoms with van der Waals surface area (Å²) < 4.78 is 28.8. The molecule has 2 heterocycles. The lowest BCUT2D eigenvalue weighted by Crippen LogP contribution is -2.21. The minimum Gasteiger partial charge on any atom is -0.377 e. The number of ether oxygens (including phenoxy) is 1. The van der Waals surface area contributed by atoms with E-state index in [0.29, 0.717) is 11.6 Å². The van der Waals surface area contributed by atoms with E-state index < -0.39 is 9.84 Å². The van der Waals surface area contributed by atoms with E-state index in [2.05, 4.69) is 4.98 Å². The molecular weight excluding hydrogens is 234 g/mol. The summed E-state index contributed by atoms with van der Waals surface area (Å²) in [6.45, 7) is 0.692. The molecule has 0 aromatic carbocycles. The van der Waals surface area contributed by atoms with E-state index in [9.17, 15) is 8.42 Å². The molecule has 0 bridgehead atoms. The monoisotopic (exact) mass is 247 g/mol. The predicted octanol–water partition coefficient (Wildman–Crippen LogP) is 1.24. The number of thiazole rings is 1. The minimum atomic E-state index is -3.07. The van der Waals surface area contributed by atoms with Crippen LogP contribution < -0.4 is 0 Å². The van der Waals surface area contributed by atoms with Crippen molar-refractivity contribution in [3.05, 3.63) is 16.6 Å². The van der Waals surface area contributed by atoms with E-state index in [0.717, 1.165) is 12.8 Å². The fourth-order valence-electron chi connectivity index (χ4n) is 1.63. The van der Waals surface area contributed by atoms with Gasteiger partial charge in [-0.2, -0.15) is 0 Å². The Morgan fingerprint density at radius 1 is 1.60 bits per heavy atom. The molecule has 1 aromatic heterocycles. The molecule has 1 aliphatic heterocycles. The molecule has 0 aliphatic carbocycles. The van der Waals surface area contributed by atoms with Crippen LogP contribution in [-0.2, 0) is 20.3 Å². The molecule has 84 valence electrons. The van der Waals surface area contributed by atoms with Crippen molar-refractivity contribution >= 4 is 21.2 Å². The standard InChI is InChI=1S/C9H13NO3S2/c11-15(12,6-8-2-1-4-13-8)7-9-10-3-5-14-9/h3,5,8H,1-2,4,6-7H2/t8-/m1/s1. The Labute approximate surface area is 93.2 Å². The number of hydrogen-bond donors (Lipinski definition) is 0. The molecule has 2 rings (SSSR count). The summed E-state index contributed by atoms with van der Waals surface area (Å²) in [6, 6.07) is 0. The molecule has 1 atom stereocenters. The van der Waals surface area contributed by atoms with Gasteiger partial charge in [-0.25, -0.2) is 13.4 Å². The van der Waals surface area contributed by atoms with Crippen LogP contribution in [0.2, 0.25) is 0 Å². The molecule has 1 fully saturated rings. The van der Waals surface area contributed by atoms with Crippen molar-refractivity contribution in [1.29, 1.82) is 0 Å². The SMILES string of the molecule is O=S(=O)(Cc1nccs1)C[C@H]1CCCO1. The quantitative estimate of drug-likeness (QED) is 0.803. The molecule has 0 radical (unpaired) electrons. The largest absolute Gasteiger partial charge is 0.377 e. The second-order valence-corrected chi connectivity index (χ2v) is 6.70. The molecule has 0 amide bonds. The highest BCUT2D eigenvalue weighted by molar-refractivity contribution is 7.90. The maximum absolute atomic E-state index is 11.7. The van der Waals surface area contributed by atoms with Crippen molar-refractivity contribution in [2.45, 2.75) is 24.7 Å². The average molecular weight is 247 g/mol. The Bertz CT molecular complexity index is 393. The average Bonchev–Trinajstić information content (AvgIpc) is 2.75. The van der Waals surface area contributed by atoms with E-state index in [1.165, 1.54) is 11.3 Å². The van der Waals surface area contributed by atoms with Gasteiger partial charge in [0, 0.05) is 18.2 Å². The van der Waals surface area contributed by atoms with Crippen LogP contribution in [-0.4, -0.2) is 31.9 Å². The maximum Gasteiger partial charge on any atom is 0.159 e. The third-order valence-electron chi connectivity index (χ3n) is 2.29. The Kier molecular flexibility index (Phi) is 3.38. The van der Waals surface area contributed by atoms with Crippen LogP contribution in [0.4, 0.5) is 0 Å².